The van der Waals surface area contributed by atoms with E-state index in [9.17, 15) is 0 Å². The maximum absolute atomic E-state index is 5.35. The Morgan fingerprint density at radius 2 is 0.547 bits per heavy atom. The van der Waals surface area contributed by atoms with Gasteiger partial charge in [-0.15, -0.1) is 0 Å². The Morgan fingerprint density at radius 3 is 0.938 bits per heavy atom. The van der Waals surface area contributed by atoms with Crippen LogP contribution in [0.2, 0.25) is 0 Å². The summed E-state index contributed by atoms with van der Waals surface area (Å²) in [6, 6.07) is 75.4. The summed E-state index contributed by atoms with van der Waals surface area (Å²) in [6.07, 6.45) is 0. The zero-order valence-corrected chi connectivity index (χ0v) is 34.3. The number of fused-ring (bicyclic) bond motifs is 13. The lowest BCUT2D eigenvalue weighted by Crippen LogP contribution is -2.10. The van der Waals surface area contributed by atoms with Crippen LogP contribution in [0, 0.1) is 0 Å². The van der Waals surface area contributed by atoms with Gasteiger partial charge < -0.3 is 9.13 Å². The highest BCUT2D eigenvalue weighted by atomic mass is 15.3. The predicted molar refractivity (Wildman–Crippen MR) is 263 cm³/mol. The van der Waals surface area contributed by atoms with Crippen molar-refractivity contribution < 1.29 is 0 Å². The molecule has 0 fully saturated rings. The van der Waals surface area contributed by atoms with Gasteiger partial charge in [-0.25, -0.2) is 0 Å². The fourth-order valence-corrected chi connectivity index (χ4v) is 10.3. The first-order valence-electron chi connectivity index (χ1n) is 21.6. The van der Waals surface area contributed by atoms with Crippen LogP contribution in [-0.2, 0) is 0 Å². The van der Waals surface area contributed by atoms with Crippen molar-refractivity contribution in [2.75, 3.05) is 0 Å². The standard InChI is InChI=1S/C57H35N7/c1-2-16-37(17-3-1)61-47-24-10-8-22-43(47)45-34-35-46-44-23-9-11-25-48(44)62(54(46)53(45)61)38-32-30-36(31-33-38)55-58-56(63-49-26-12-4-18-39(49)40-19-5-13-27-50(40)63)60-57(59-55)64-51-28-14-6-20-41(51)42-21-7-15-29-52(42)64/h1-35H. The van der Waals surface area contributed by atoms with Crippen LogP contribution < -0.4 is 0 Å². The minimum absolute atomic E-state index is 0.557. The highest BCUT2D eigenvalue weighted by Crippen LogP contribution is 2.42. The molecule has 0 aliphatic carbocycles. The molecule has 0 aliphatic rings. The molecule has 0 bridgehead atoms. The van der Waals surface area contributed by atoms with Crippen LogP contribution in [0.1, 0.15) is 0 Å². The van der Waals surface area contributed by atoms with Gasteiger partial charge in [-0.1, -0.05) is 140 Å². The number of hydrogen-bond acceptors (Lipinski definition) is 3. The van der Waals surface area contributed by atoms with Gasteiger partial charge in [0, 0.05) is 60.0 Å². The number of para-hydroxylation sites is 7. The van der Waals surface area contributed by atoms with E-state index < -0.39 is 0 Å². The molecule has 298 valence electrons. The highest BCUT2D eigenvalue weighted by Gasteiger charge is 2.23. The first-order valence-corrected chi connectivity index (χ1v) is 21.6. The van der Waals surface area contributed by atoms with Crippen LogP contribution in [0.25, 0.3) is 122 Å². The lowest BCUT2D eigenvalue weighted by Gasteiger charge is -2.14. The monoisotopic (exact) mass is 817 g/mol. The molecule has 0 N–H and O–H groups in total. The Bertz CT molecular complexity index is 3950. The molecule has 14 aromatic rings. The molecule has 7 heteroatoms. The number of aromatic nitrogens is 7. The predicted octanol–water partition coefficient (Wildman–Crippen LogP) is 13.9. The average molecular weight is 818 g/mol. The van der Waals surface area contributed by atoms with E-state index in [-0.39, 0.29) is 0 Å². The van der Waals surface area contributed by atoms with Gasteiger partial charge in [0.25, 0.3) is 0 Å². The first kappa shape index (κ1) is 34.9. The molecule has 0 aliphatic heterocycles. The summed E-state index contributed by atoms with van der Waals surface area (Å²) >= 11 is 0. The lowest BCUT2D eigenvalue weighted by molar-refractivity contribution is 0.893. The second-order valence-corrected chi connectivity index (χ2v) is 16.4. The minimum atomic E-state index is 0.557. The Morgan fingerprint density at radius 1 is 0.234 bits per heavy atom. The van der Waals surface area contributed by atoms with E-state index in [0.717, 1.165) is 71.6 Å². The summed E-state index contributed by atoms with van der Waals surface area (Å²) in [4.78, 5) is 16.0. The Labute approximate surface area is 366 Å². The van der Waals surface area contributed by atoms with Gasteiger partial charge in [0.05, 0.1) is 44.1 Å². The summed E-state index contributed by atoms with van der Waals surface area (Å²) < 4.78 is 9.21. The van der Waals surface area contributed by atoms with Crippen molar-refractivity contribution in [3.63, 3.8) is 0 Å². The summed E-state index contributed by atoms with van der Waals surface area (Å²) in [5.41, 5.74) is 11.9. The van der Waals surface area contributed by atoms with Crippen LogP contribution in [0.3, 0.4) is 0 Å². The smallest absolute Gasteiger partial charge is 0.240 e. The molecule has 0 saturated heterocycles. The van der Waals surface area contributed by atoms with Crippen LogP contribution in [-0.4, -0.2) is 33.2 Å². The van der Waals surface area contributed by atoms with Crippen molar-refractivity contribution in [2.24, 2.45) is 0 Å². The molecule has 0 atom stereocenters. The third-order valence-electron chi connectivity index (χ3n) is 13.0. The summed E-state index contributed by atoms with van der Waals surface area (Å²) in [5, 5.41) is 9.44. The Balaban J connectivity index is 1.02. The van der Waals surface area contributed by atoms with Crippen molar-refractivity contribution in [3.8, 4) is 34.7 Å². The quantitative estimate of drug-likeness (QED) is 0.174. The SMILES string of the molecule is c1ccc(-n2c3ccccc3c3ccc4c5ccccc5n(-c5ccc(-c6nc(-n7c8ccccc8c8ccccc87)nc(-n7c8ccccc8c8ccccc87)n6)cc5)c4c32)cc1. The van der Waals surface area contributed by atoms with Gasteiger partial charge in [-0.05, 0) is 72.8 Å². The molecule has 0 saturated carbocycles. The van der Waals surface area contributed by atoms with Crippen LogP contribution >= 0.6 is 0 Å². The number of nitrogens with zero attached hydrogens (tertiary/aromatic N) is 7. The van der Waals surface area contributed by atoms with E-state index >= 15 is 0 Å². The largest absolute Gasteiger partial charge is 0.307 e. The van der Waals surface area contributed by atoms with Gasteiger partial charge in [0.1, 0.15) is 0 Å². The molecule has 5 aromatic heterocycles. The van der Waals surface area contributed by atoms with Gasteiger partial charge in [-0.2, -0.15) is 15.0 Å². The van der Waals surface area contributed by atoms with Crippen LogP contribution in [0.5, 0.6) is 0 Å². The average Bonchev–Trinajstić information content (AvgIpc) is 4.09. The van der Waals surface area contributed by atoms with E-state index in [1.165, 1.54) is 32.6 Å². The number of hydrogen-bond donors (Lipinski definition) is 0. The molecule has 0 amide bonds. The third-order valence-corrected chi connectivity index (χ3v) is 13.0. The maximum atomic E-state index is 5.35. The topological polar surface area (TPSA) is 58.4 Å². The fraction of sp³-hybridized carbons (Fsp3) is 0. The molecule has 7 nitrogen and oxygen atoms in total. The second-order valence-electron chi connectivity index (χ2n) is 16.4. The van der Waals surface area contributed by atoms with E-state index in [4.69, 9.17) is 15.0 Å². The van der Waals surface area contributed by atoms with E-state index in [1.807, 2.05) is 0 Å². The Kier molecular flexibility index (Phi) is 7.27. The molecule has 0 spiro atoms. The zero-order chi connectivity index (χ0) is 41.9. The van der Waals surface area contributed by atoms with Crippen LogP contribution in [0.15, 0.2) is 212 Å². The van der Waals surface area contributed by atoms with Crippen LogP contribution in [0.4, 0.5) is 0 Å². The molecule has 5 heterocycles. The third kappa shape index (κ3) is 4.89. The second kappa shape index (κ2) is 13.3. The van der Waals surface area contributed by atoms with Gasteiger partial charge in [-0.3, -0.25) is 9.13 Å². The number of benzene rings is 9. The molecule has 14 rings (SSSR count). The highest BCUT2D eigenvalue weighted by molar-refractivity contribution is 6.24. The molecule has 0 radical (unpaired) electrons. The van der Waals surface area contributed by atoms with Gasteiger partial charge in [0.15, 0.2) is 5.82 Å². The van der Waals surface area contributed by atoms with Crippen molar-refractivity contribution >= 4 is 87.2 Å². The van der Waals surface area contributed by atoms with E-state index in [2.05, 4.69) is 231 Å². The molecule has 64 heavy (non-hydrogen) atoms. The summed E-state index contributed by atoms with van der Waals surface area (Å²) in [6.45, 7) is 0. The van der Waals surface area contributed by atoms with Crippen molar-refractivity contribution in [1.29, 1.82) is 0 Å². The van der Waals surface area contributed by atoms with E-state index in [1.54, 1.807) is 0 Å². The summed E-state index contributed by atoms with van der Waals surface area (Å²) in [5.74, 6) is 1.70. The van der Waals surface area contributed by atoms with Gasteiger partial charge in [0.2, 0.25) is 11.9 Å². The zero-order valence-electron chi connectivity index (χ0n) is 34.3. The summed E-state index contributed by atoms with van der Waals surface area (Å²) in [7, 11) is 0. The Hall–Kier alpha value is -8.81. The number of rotatable bonds is 5. The molecular formula is C57H35N7. The van der Waals surface area contributed by atoms with Crippen molar-refractivity contribution in [2.45, 2.75) is 0 Å². The van der Waals surface area contributed by atoms with E-state index in [0.29, 0.717) is 17.7 Å². The fourth-order valence-electron chi connectivity index (χ4n) is 10.3. The molecule has 9 aromatic carbocycles. The van der Waals surface area contributed by atoms with Crippen molar-refractivity contribution in [3.05, 3.63) is 212 Å². The molecule has 0 unspecified atom stereocenters. The van der Waals surface area contributed by atoms with Crippen molar-refractivity contribution in [1.82, 2.24) is 33.2 Å². The maximum Gasteiger partial charge on any atom is 0.240 e. The normalized spacial score (nSPS) is 12.1. The first-order chi connectivity index (χ1) is 31.8. The van der Waals surface area contributed by atoms with Gasteiger partial charge >= 0.3 is 0 Å². The minimum Gasteiger partial charge on any atom is -0.307 e. The lowest BCUT2D eigenvalue weighted by atomic mass is 10.1. The molecular weight excluding hydrogens is 783 g/mol.